The highest BCUT2D eigenvalue weighted by molar-refractivity contribution is 7.08. The number of imidazole rings is 1. The minimum Gasteiger partial charge on any atom is -0.369 e. The van der Waals surface area contributed by atoms with Crippen LogP contribution in [0.15, 0.2) is 102 Å². The van der Waals surface area contributed by atoms with Crippen molar-refractivity contribution in [2.24, 2.45) is 5.73 Å². The normalized spacial score (nSPS) is 13.9. The molecule has 2 amide bonds. The molecule has 4 aromatic heterocycles. The Balaban J connectivity index is 1.21. The van der Waals surface area contributed by atoms with Crippen LogP contribution in [0.25, 0.3) is 28.3 Å². The fourth-order valence-electron chi connectivity index (χ4n) is 5.73. The lowest BCUT2D eigenvalue weighted by molar-refractivity contribution is -0.133. The summed E-state index contributed by atoms with van der Waals surface area (Å²) in [5, 5.41) is 7.23. The number of benzene rings is 2. The lowest BCUT2D eigenvalue weighted by Gasteiger charge is -2.39. The second-order valence-corrected chi connectivity index (χ2v) is 11.7. The van der Waals surface area contributed by atoms with Gasteiger partial charge in [0.25, 0.3) is 0 Å². The van der Waals surface area contributed by atoms with E-state index in [0.717, 1.165) is 52.5 Å². The summed E-state index contributed by atoms with van der Waals surface area (Å²) < 4.78 is 2.01. The molecule has 2 aromatic carbocycles. The molecule has 218 valence electrons. The second-order valence-electron chi connectivity index (χ2n) is 10.9. The largest absolute Gasteiger partial charge is 0.369 e. The number of nitrogens with zero attached hydrogens (tertiary/aromatic N) is 5. The number of primary amides is 1. The number of carbonyl (C=O) groups excluding carboxylic acids is 2. The number of likely N-dealkylation sites (tertiary alicyclic amines) is 1. The molecule has 10 heteroatoms. The topological polar surface area (TPSA) is 119 Å². The molecular weight excluding hydrogens is 570 g/mol. The van der Waals surface area contributed by atoms with Gasteiger partial charge in [-0.15, -0.1) is 0 Å². The van der Waals surface area contributed by atoms with Crippen LogP contribution in [0.2, 0.25) is 0 Å². The van der Waals surface area contributed by atoms with Crippen LogP contribution in [-0.4, -0.2) is 49.2 Å². The number of nitrogens with one attached hydrogen (secondary N) is 1. The molecule has 1 fully saturated rings. The molecule has 9 nitrogen and oxygen atoms in total. The van der Waals surface area contributed by atoms with Gasteiger partial charge in [-0.3, -0.25) is 14.0 Å². The van der Waals surface area contributed by atoms with Crippen LogP contribution in [0, 0.1) is 0 Å². The lowest BCUT2D eigenvalue weighted by Crippen LogP contribution is -2.47. The Labute approximate surface area is 258 Å². The number of aromatic nitrogens is 4. The van der Waals surface area contributed by atoms with Crippen LogP contribution in [0.3, 0.4) is 0 Å². The van der Waals surface area contributed by atoms with Crippen LogP contribution in [0.4, 0.5) is 11.6 Å². The van der Waals surface area contributed by atoms with Crippen molar-refractivity contribution in [1.29, 1.82) is 0 Å². The molecular formula is C34H29N7O2S. The molecule has 0 aliphatic carbocycles. The van der Waals surface area contributed by atoms with E-state index in [1.165, 1.54) is 16.9 Å². The third-order valence-electron chi connectivity index (χ3n) is 8.05. The molecule has 44 heavy (non-hydrogen) atoms. The number of fused-ring (bicyclic) bond motifs is 1. The Morgan fingerprint density at radius 1 is 0.977 bits per heavy atom. The highest BCUT2D eigenvalue weighted by atomic mass is 32.1. The number of hydrogen-bond acceptors (Lipinski definition) is 7. The maximum atomic E-state index is 12.5. The summed E-state index contributed by atoms with van der Waals surface area (Å²) in [7, 11) is 0. The fourth-order valence-corrected chi connectivity index (χ4v) is 6.42. The minimum absolute atomic E-state index is 0.117. The average molecular weight is 600 g/mol. The first-order chi connectivity index (χ1) is 21.4. The first-order valence-electron chi connectivity index (χ1n) is 14.3. The zero-order valence-corrected chi connectivity index (χ0v) is 24.7. The number of amides is 2. The molecule has 6 aromatic rings. The van der Waals surface area contributed by atoms with Crippen molar-refractivity contribution in [3.8, 4) is 22.6 Å². The minimum atomic E-state index is -0.555. The van der Waals surface area contributed by atoms with Crippen molar-refractivity contribution in [2.75, 3.05) is 18.4 Å². The Bertz CT molecular complexity index is 1980. The maximum absolute atomic E-state index is 12.5. The third-order valence-corrected chi connectivity index (χ3v) is 8.75. The number of nitrogens with two attached hydrogens (primary N) is 1. The van der Waals surface area contributed by atoms with Crippen LogP contribution in [0.1, 0.15) is 35.4 Å². The van der Waals surface area contributed by atoms with Gasteiger partial charge in [0, 0.05) is 49.6 Å². The molecule has 0 saturated carbocycles. The SMILES string of the molecule is CC(=O)N1CC(c2ccc(Nc3nccc(-c4c(-c5cccc(C(C(N)=O)c6ccsc6)c5)nc5ccccn45)n3)cc2)C1. The molecule has 7 rings (SSSR count). The predicted molar refractivity (Wildman–Crippen MR) is 172 cm³/mol. The van der Waals surface area contributed by atoms with Gasteiger partial charge < -0.3 is 16.0 Å². The maximum Gasteiger partial charge on any atom is 0.229 e. The van der Waals surface area contributed by atoms with Crippen LogP contribution in [0.5, 0.6) is 0 Å². The quantitative estimate of drug-likeness (QED) is 0.227. The fraction of sp³-hybridized carbons (Fsp3) is 0.147. The number of hydrogen-bond donors (Lipinski definition) is 2. The van der Waals surface area contributed by atoms with E-state index < -0.39 is 11.8 Å². The van der Waals surface area contributed by atoms with Gasteiger partial charge in [0.1, 0.15) is 5.65 Å². The zero-order chi connectivity index (χ0) is 30.2. The molecule has 0 spiro atoms. The molecule has 1 atom stereocenters. The predicted octanol–water partition coefficient (Wildman–Crippen LogP) is 5.83. The average Bonchev–Trinajstić information content (AvgIpc) is 3.66. The van der Waals surface area contributed by atoms with Crippen molar-refractivity contribution in [3.05, 3.63) is 119 Å². The summed E-state index contributed by atoms with van der Waals surface area (Å²) in [6, 6.07) is 25.7. The van der Waals surface area contributed by atoms with E-state index in [1.807, 2.05) is 93.0 Å². The summed E-state index contributed by atoms with van der Waals surface area (Å²) in [5.41, 5.74) is 13.5. The van der Waals surface area contributed by atoms with E-state index in [2.05, 4.69) is 22.4 Å². The summed E-state index contributed by atoms with van der Waals surface area (Å²) in [6.07, 6.45) is 3.69. The molecule has 1 aliphatic rings. The van der Waals surface area contributed by atoms with Crippen molar-refractivity contribution in [2.45, 2.75) is 18.8 Å². The molecule has 0 radical (unpaired) electrons. The molecule has 5 heterocycles. The van der Waals surface area contributed by atoms with Gasteiger partial charge in [-0.25, -0.2) is 15.0 Å². The number of carbonyl (C=O) groups is 2. The summed E-state index contributed by atoms with van der Waals surface area (Å²) in [5.74, 6) is -0.0190. The first-order valence-corrected chi connectivity index (χ1v) is 15.2. The van der Waals surface area contributed by atoms with Crippen molar-refractivity contribution >= 4 is 40.4 Å². The van der Waals surface area contributed by atoms with Crippen LogP contribution >= 0.6 is 11.3 Å². The standard InChI is InChI=1S/C34H29N7O2S/c1-21(42)40-18-26(19-40)22-8-10-27(11-9-22)37-34-36-14-12-28(38-34)32-31(39-29-7-2-3-15-41(29)32)24-6-4-5-23(17-24)30(33(35)43)25-13-16-44-20-25/h2-17,20,26,30H,18-19H2,1H3,(H2,35,43)(H,36,37,38). The summed E-state index contributed by atoms with van der Waals surface area (Å²) in [6.45, 7) is 3.12. The Kier molecular flexibility index (Phi) is 7.11. The smallest absolute Gasteiger partial charge is 0.229 e. The highest BCUT2D eigenvalue weighted by Gasteiger charge is 2.29. The molecule has 3 N–H and O–H groups in total. The van der Waals surface area contributed by atoms with Gasteiger partial charge in [0.05, 0.1) is 23.0 Å². The van der Waals surface area contributed by atoms with E-state index in [0.29, 0.717) is 17.6 Å². The Morgan fingerprint density at radius 2 is 1.82 bits per heavy atom. The molecule has 1 unspecified atom stereocenters. The monoisotopic (exact) mass is 599 g/mol. The van der Waals surface area contributed by atoms with Gasteiger partial charge in [0.15, 0.2) is 0 Å². The molecule has 1 aliphatic heterocycles. The van der Waals surface area contributed by atoms with Gasteiger partial charge in [-0.05, 0) is 69.9 Å². The van der Waals surface area contributed by atoms with E-state index in [-0.39, 0.29) is 5.91 Å². The van der Waals surface area contributed by atoms with Gasteiger partial charge in [-0.2, -0.15) is 11.3 Å². The van der Waals surface area contributed by atoms with Gasteiger partial charge in [0.2, 0.25) is 17.8 Å². The Hall–Kier alpha value is -5.35. The van der Waals surface area contributed by atoms with E-state index in [4.69, 9.17) is 15.7 Å². The zero-order valence-electron chi connectivity index (χ0n) is 23.9. The summed E-state index contributed by atoms with van der Waals surface area (Å²) in [4.78, 5) is 40.3. The van der Waals surface area contributed by atoms with Gasteiger partial charge in [-0.1, -0.05) is 36.4 Å². The van der Waals surface area contributed by atoms with Crippen LogP contribution < -0.4 is 11.1 Å². The Morgan fingerprint density at radius 3 is 2.57 bits per heavy atom. The van der Waals surface area contributed by atoms with E-state index >= 15 is 0 Å². The third kappa shape index (κ3) is 5.20. The van der Waals surface area contributed by atoms with E-state index in [1.54, 1.807) is 13.1 Å². The van der Waals surface area contributed by atoms with E-state index in [9.17, 15) is 9.59 Å². The number of thiophene rings is 1. The number of pyridine rings is 1. The second kappa shape index (κ2) is 11.4. The van der Waals surface area contributed by atoms with Crippen molar-refractivity contribution in [1.82, 2.24) is 24.3 Å². The van der Waals surface area contributed by atoms with Crippen molar-refractivity contribution < 1.29 is 9.59 Å². The van der Waals surface area contributed by atoms with Gasteiger partial charge >= 0.3 is 0 Å². The molecule has 1 saturated heterocycles. The van der Waals surface area contributed by atoms with Crippen LogP contribution in [-0.2, 0) is 9.59 Å². The number of rotatable bonds is 8. The lowest BCUT2D eigenvalue weighted by atomic mass is 9.91. The highest BCUT2D eigenvalue weighted by Crippen LogP contribution is 2.35. The summed E-state index contributed by atoms with van der Waals surface area (Å²) >= 11 is 1.53. The first kappa shape index (κ1) is 27.5. The number of anilines is 2. The molecule has 0 bridgehead atoms. The van der Waals surface area contributed by atoms with Crippen molar-refractivity contribution in [3.63, 3.8) is 0 Å².